The molecule has 8 nitrogen and oxygen atoms in total. The standard InChI is InChI=1S/C24H23F4N5O3/c1-14-15-10-20(21(11-15)36-22-5-2-16(13-29-22)24(26,27)28)32(14)23(34)18-4-3-17(35-9-6-25)12-19(18)33-30-7-8-31-33/h2-5,7-8,12-15,20-21H,6,9-11H2,1H3/t14-,15-,20+,21-/m1/s1. The number of piperidine rings is 1. The van der Waals surface area contributed by atoms with Gasteiger partial charge in [0, 0.05) is 24.4 Å². The minimum atomic E-state index is -4.48. The van der Waals surface area contributed by atoms with Crippen LogP contribution in [0, 0.1) is 5.92 Å². The number of nitrogens with zero attached hydrogens (tertiary/aromatic N) is 5. The average Bonchev–Trinajstić information content (AvgIpc) is 3.59. The number of hydrogen-bond donors (Lipinski definition) is 0. The number of carbonyl (C=O) groups excluding carboxylic acids is 1. The lowest BCUT2D eigenvalue weighted by molar-refractivity contribution is -0.137. The molecule has 3 aromatic rings. The molecule has 3 heterocycles. The molecule has 0 spiro atoms. The topological polar surface area (TPSA) is 82.4 Å². The van der Waals surface area contributed by atoms with E-state index in [0.29, 0.717) is 29.8 Å². The van der Waals surface area contributed by atoms with Crippen LogP contribution in [0.5, 0.6) is 11.6 Å². The number of rotatable bonds is 7. The van der Waals surface area contributed by atoms with Gasteiger partial charge in [-0.2, -0.15) is 28.2 Å². The molecular weight excluding hydrogens is 482 g/mol. The van der Waals surface area contributed by atoms with Crippen molar-refractivity contribution in [3.05, 3.63) is 60.0 Å². The van der Waals surface area contributed by atoms with Crippen molar-refractivity contribution in [3.8, 4) is 17.3 Å². The number of hydrogen-bond acceptors (Lipinski definition) is 6. The van der Waals surface area contributed by atoms with Gasteiger partial charge in [0.2, 0.25) is 5.88 Å². The molecule has 0 unspecified atom stereocenters. The molecule has 0 radical (unpaired) electrons. The molecule has 1 aliphatic carbocycles. The SMILES string of the molecule is C[C@@H]1[C@H]2C[C@@H](Oc3ccc(C(F)(F)F)cn3)[C@H](C2)N1C(=O)c1ccc(OCCF)cc1-n1nccn1. The second-order valence-electron chi connectivity index (χ2n) is 8.83. The number of pyridine rings is 1. The van der Waals surface area contributed by atoms with Gasteiger partial charge in [-0.25, -0.2) is 9.37 Å². The minimum absolute atomic E-state index is 0.0659. The van der Waals surface area contributed by atoms with Crippen LogP contribution in [-0.2, 0) is 6.18 Å². The third-order valence-corrected chi connectivity index (χ3v) is 6.74. The van der Waals surface area contributed by atoms with Crippen molar-refractivity contribution in [2.45, 2.75) is 44.1 Å². The van der Waals surface area contributed by atoms with Crippen molar-refractivity contribution in [3.63, 3.8) is 0 Å². The highest BCUT2D eigenvalue weighted by Crippen LogP contribution is 2.45. The number of carbonyl (C=O) groups is 1. The summed E-state index contributed by atoms with van der Waals surface area (Å²) in [6, 6.07) is 6.56. The molecule has 2 fully saturated rings. The molecule has 1 aliphatic heterocycles. The lowest BCUT2D eigenvalue weighted by Crippen LogP contribution is -2.51. The third kappa shape index (κ3) is 4.47. The van der Waals surface area contributed by atoms with Gasteiger partial charge in [0.1, 0.15) is 30.8 Å². The molecule has 2 aromatic heterocycles. The van der Waals surface area contributed by atoms with Crippen LogP contribution in [0.2, 0.25) is 0 Å². The molecule has 2 aliphatic rings. The quantitative estimate of drug-likeness (QED) is 0.450. The highest BCUT2D eigenvalue weighted by molar-refractivity contribution is 5.98. The predicted molar refractivity (Wildman–Crippen MR) is 119 cm³/mol. The van der Waals surface area contributed by atoms with Gasteiger partial charge in [0.25, 0.3) is 5.91 Å². The molecule has 12 heteroatoms. The van der Waals surface area contributed by atoms with E-state index in [1.54, 1.807) is 23.1 Å². The average molecular weight is 505 g/mol. The summed E-state index contributed by atoms with van der Waals surface area (Å²) < 4.78 is 62.5. The molecule has 1 saturated heterocycles. The number of benzene rings is 1. The molecule has 36 heavy (non-hydrogen) atoms. The van der Waals surface area contributed by atoms with Crippen LogP contribution in [0.1, 0.15) is 35.7 Å². The fourth-order valence-corrected chi connectivity index (χ4v) is 5.05. The summed E-state index contributed by atoms with van der Waals surface area (Å²) in [4.78, 5) is 20.7. The largest absolute Gasteiger partial charge is 0.491 e. The van der Waals surface area contributed by atoms with Crippen LogP contribution >= 0.6 is 0 Å². The summed E-state index contributed by atoms with van der Waals surface area (Å²) in [6.07, 6.45) is 0.189. The van der Waals surface area contributed by atoms with E-state index in [-0.39, 0.29) is 36.4 Å². The first kappa shape index (κ1) is 24.0. The minimum Gasteiger partial charge on any atom is -0.491 e. The van der Waals surface area contributed by atoms with E-state index in [1.807, 2.05) is 6.92 Å². The Morgan fingerprint density at radius 3 is 2.56 bits per heavy atom. The van der Waals surface area contributed by atoms with Gasteiger partial charge >= 0.3 is 6.18 Å². The van der Waals surface area contributed by atoms with Crippen molar-refractivity contribution in [2.75, 3.05) is 13.3 Å². The maximum Gasteiger partial charge on any atom is 0.417 e. The number of amides is 1. The van der Waals surface area contributed by atoms with Crippen molar-refractivity contribution in [1.82, 2.24) is 24.9 Å². The summed E-state index contributed by atoms with van der Waals surface area (Å²) >= 11 is 0. The smallest absolute Gasteiger partial charge is 0.417 e. The molecule has 190 valence electrons. The zero-order chi connectivity index (χ0) is 25.4. The number of fused-ring (bicyclic) bond motifs is 2. The normalized spacial score (nSPS) is 23.2. The maximum atomic E-state index is 13.8. The van der Waals surface area contributed by atoms with Crippen LogP contribution in [0.3, 0.4) is 0 Å². The number of aromatic nitrogens is 4. The Labute approximate surface area is 203 Å². The molecule has 5 rings (SSSR count). The molecule has 1 aromatic carbocycles. The summed E-state index contributed by atoms with van der Waals surface area (Å²) in [6.45, 7) is 1.20. The van der Waals surface area contributed by atoms with Gasteiger partial charge < -0.3 is 14.4 Å². The van der Waals surface area contributed by atoms with Gasteiger partial charge in [-0.05, 0) is 43.9 Å². The van der Waals surface area contributed by atoms with Gasteiger partial charge in [-0.15, -0.1) is 0 Å². The maximum absolute atomic E-state index is 13.8. The predicted octanol–water partition coefficient (Wildman–Crippen LogP) is 4.10. The molecule has 1 amide bonds. The highest BCUT2D eigenvalue weighted by Gasteiger charge is 2.53. The Balaban J connectivity index is 1.39. The van der Waals surface area contributed by atoms with Crippen LogP contribution in [0.25, 0.3) is 5.69 Å². The number of alkyl halides is 4. The van der Waals surface area contributed by atoms with Gasteiger partial charge in [-0.1, -0.05) is 0 Å². The van der Waals surface area contributed by atoms with E-state index in [0.717, 1.165) is 12.3 Å². The van der Waals surface area contributed by atoms with Crippen LogP contribution in [0.15, 0.2) is 48.9 Å². The lowest BCUT2D eigenvalue weighted by atomic mass is 9.98. The molecule has 2 bridgehead atoms. The van der Waals surface area contributed by atoms with Crippen molar-refractivity contribution < 1.29 is 31.8 Å². The van der Waals surface area contributed by atoms with Crippen LogP contribution in [-0.4, -0.2) is 62.3 Å². The van der Waals surface area contributed by atoms with Crippen molar-refractivity contribution >= 4 is 5.91 Å². The number of halogens is 4. The lowest BCUT2D eigenvalue weighted by Gasteiger charge is -2.38. The first-order chi connectivity index (χ1) is 17.3. The van der Waals surface area contributed by atoms with Crippen molar-refractivity contribution in [1.29, 1.82) is 0 Å². The van der Waals surface area contributed by atoms with E-state index < -0.39 is 24.5 Å². The Hall–Kier alpha value is -3.70. The van der Waals surface area contributed by atoms with Gasteiger partial charge in [-0.3, -0.25) is 4.79 Å². The Bertz CT molecular complexity index is 1220. The number of ether oxygens (including phenoxy) is 2. The summed E-state index contributed by atoms with van der Waals surface area (Å²) in [5.74, 6) is 0.378. The fraction of sp³-hybridized carbons (Fsp3) is 0.417. The molecule has 1 saturated carbocycles. The fourth-order valence-electron chi connectivity index (χ4n) is 5.05. The highest BCUT2D eigenvalue weighted by atomic mass is 19.4. The first-order valence-electron chi connectivity index (χ1n) is 11.5. The van der Waals surface area contributed by atoms with Crippen LogP contribution in [0.4, 0.5) is 17.6 Å². The second kappa shape index (κ2) is 9.40. The second-order valence-corrected chi connectivity index (χ2v) is 8.83. The zero-order valence-electron chi connectivity index (χ0n) is 19.2. The number of likely N-dealkylation sites (tertiary alicyclic amines) is 1. The summed E-state index contributed by atoms with van der Waals surface area (Å²) in [7, 11) is 0. The third-order valence-electron chi connectivity index (χ3n) is 6.74. The summed E-state index contributed by atoms with van der Waals surface area (Å²) in [5.41, 5.74) is -0.130. The van der Waals surface area contributed by atoms with E-state index in [4.69, 9.17) is 9.47 Å². The monoisotopic (exact) mass is 505 g/mol. The van der Waals surface area contributed by atoms with E-state index in [2.05, 4.69) is 15.2 Å². The van der Waals surface area contributed by atoms with Crippen LogP contribution < -0.4 is 9.47 Å². The first-order valence-corrected chi connectivity index (χ1v) is 11.5. The van der Waals surface area contributed by atoms with Gasteiger partial charge in [0.15, 0.2) is 0 Å². The molecule has 4 atom stereocenters. The van der Waals surface area contributed by atoms with Crippen molar-refractivity contribution in [2.24, 2.45) is 5.92 Å². The van der Waals surface area contributed by atoms with E-state index in [1.165, 1.54) is 23.3 Å². The zero-order valence-corrected chi connectivity index (χ0v) is 19.2. The summed E-state index contributed by atoms with van der Waals surface area (Å²) in [5, 5.41) is 8.26. The van der Waals surface area contributed by atoms with E-state index in [9.17, 15) is 22.4 Å². The van der Waals surface area contributed by atoms with Gasteiger partial charge in [0.05, 0.1) is 29.6 Å². The Morgan fingerprint density at radius 2 is 1.92 bits per heavy atom. The Morgan fingerprint density at radius 1 is 1.14 bits per heavy atom. The molecule has 0 N–H and O–H groups in total. The Kier molecular flexibility index (Phi) is 6.27. The molecular formula is C24H23F4N5O3. The van der Waals surface area contributed by atoms with E-state index >= 15 is 0 Å².